The zero-order valence-corrected chi connectivity index (χ0v) is 20.5. The highest BCUT2D eigenvalue weighted by Gasteiger charge is 2.30. The second-order valence-corrected chi connectivity index (χ2v) is 9.94. The van der Waals surface area contributed by atoms with Gasteiger partial charge in [-0.2, -0.15) is 0 Å². The van der Waals surface area contributed by atoms with Gasteiger partial charge in [-0.15, -0.1) is 0 Å². The van der Waals surface area contributed by atoms with E-state index in [0.29, 0.717) is 6.61 Å². The van der Waals surface area contributed by atoms with Gasteiger partial charge in [-0.3, -0.25) is 4.90 Å². The first kappa shape index (κ1) is 25.0. The molecular weight excluding hydrogens is 458 g/mol. The number of fused-ring (bicyclic) bond motifs is 1. The molecule has 3 aromatic carbocycles. The van der Waals surface area contributed by atoms with E-state index >= 15 is 0 Å². The van der Waals surface area contributed by atoms with E-state index in [2.05, 4.69) is 28.0 Å². The standard InChI is InChI=1S/C30H34F2N2O2/c31-26-11-7-23(8-12-26)30(24-9-13-27(32)14-10-24)36-20-19-33-15-17-34(18-16-33)21-25-6-5-22-3-1-2-4-28(22)29(25)35/h1-4,7-14,25,29-30,35H,5-6,15-21H2/t25-,29-/m0/s1. The average Bonchev–Trinajstić information content (AvgIpc) is 2.91. The van der Waals surface area contributed by atoms with Gasteiger partial charge < -0.3 is 14.7 Å². The van der Waals surface area contributed by atoms with Crippen LogP contribution < -0.4 is 0 Å². The summed E-state index contributed by atoms with van der Waals surface area (Å²) in [4.78, 5) is 4.87. The number of hydrogen-bond acceptors (Lipinski definition) is 4. The van der Waals surface area contributed by atoms with E-state index in [1.165, 1.54) is 29.8 Å². The van der Waals surface area contributed by atoms with Gasteiger partial charge in [0.15, 0.2) is 0 Å². The Morgan fingerprint density at radius 3 is 2.03 bits per heavy atom. The summed E-state index contributed by atoms with van der Waals surface area (Å²) in [7, 11) is 0. The monoisotopic (exact) mass is 492 g/mol. The Labute approximate surface area is 212 Å². The summed E-state index contributed by atoms with van der Waals surface area (Å²) in [5, 5.41) is 10.9. The van der Waals surface area contributed by atoms with Crippen molar-refractivity contribution in [3.63, 3.8) is 0 Å². The number of halogens is 2. The van der Waals surface area contributed by atoms with Crippen molar-refractivity contribution in [3.8, 4) is 0 Å². The molecule has 3 aromatic rings. The lowest BCUT2D eigenvalue weighted by Crippen LogP contribution is -2.49. The number of aliphatic hydroxyl groups excluding tert-OH is 1. The number of piperazine rings is 1. The number of rotatable bonds is 8. The minimum Gasteiger partial charge on any atom is -0.388 e. The molecule has 1 N–H and O–H groups in total. The summed E-state index contributed by atoms with van der Waals surface area (Å²) in [6.45, 7) is 6.12. The fraction of sp³-hybridized carbons (Fsp3) is 0.400. The lowest BCUT2D eigenvalue weighted by molar-refractivity contribution is 0.0285. The number of aryl methyl sites for hydroxylation is 1. The molecule has 1 heterocycles. The van der Waals surface area contributed by atoms with Crippen molar-refractivity contribution in [2.75, 3.05) is 45.9 Å². The second kappa shape index (κ2) is 11.6. The molecule has 0 amide bonds. The highest BCUT2D eigenvalue weighted by atomic mass is 19.1. The first-order valence-corrected chi connectivity index (χ1v) is 12.9. The molecule has 2 atom stereocenters. The fourth-order valence-electron chi connectivity index (χ4n) is 5.48. The number of benzene rings is 3. The predicted molar refractivity (Wildman–Crippen MR) is 137 cm³/mol. The Balaban J connectivity index is 1.11. The maximum Gasteiger partial charge on any atom is 0.123 e. The van der Waals surface area contributed by atoms with Gasteiger partial charge in [-0.05, 0) is 59.4 Å². The molecule has 0 aromatic heterocycles. The molecule has 6 heteroatoms. The number of aliphatic hydroxyl groups is 1. The summed E-state index contributed by atoms with van der Waals surface area (Å²) < 4.78 is 33.2. The first-order chi connectivity index (χ1) is 17.6. The Hall–Kier alpha value is -2.64. The van der Waals surface area contributed by atoms with Crippen molar-refractivity contribution in [2.24, 2.45) is 5.92 Å². The largest absolute Gasteiger partial charge is 0.388 e. The Morgan fingerprint density at radius 2 is 1.39 bits per heavy atom. The van der Waals surface area contributed by atoms with Gasteiger partial charge in [-0.1, -0.05) is 48.5 Å². The van der Waals surface area contributed by atoms with Gasteiger partial charge in [0.2, 0.25) is 0 Å². The minimum atomic E-state index is -0.378. The predicted octanol–water partition coefficient (Wildman–Crippen LogP) is 4.98. The van der Waals surface area contributed by atoms with Crippen LogP contribution in [0.2, 0.25) is 0 Å². The normalized spacial score (nSPS) is 21.0. The third kappa shape index (κ3) is 6.01. The Bertz CT molecular complexity index is 1070. The maximum absolute atomic E-state index is 13.5. The van der Waals surface area contributed by atoms with Crippen molar-refractivity contribution < 1.29 is 18.6 Å². The Morgan fingerprint density at radius 1 is 0.806 bits per heavy atom. The van der Waals surface area contributed by atoms with Crippen LogP contribution in [0.4, 0.5) is 8.78 Å². The lowest BCUT2D eigenvalue weighted by atomic mass is 9.81. The summed E-state index contributed by atoms with van der Waals surface area (Å²) in [5.41, 5.74) is 4.08. The molecule has 0 spiro atoms. The molecule has 1 saturated heterocycles. The summed E-state index contributed by atoms with van der Waals surface area (Å²) >= 11 is 0. The molecule has 1 aliphatic heterocycles. The van der Waals surface area contributed by atoms with Crippen molar-refractivity contribution in [1.29, 1.82) is 0 Å². The molecule has 0 saturated carbocycles. The van der Waals surface area contributed by atoms with Crippen molar-refractivity contribution in [3.05, 3.63) is 107 Å². The van der Waals surface area contributed by atoms with E-state index in [1.54, 1.807) is 24.3 Å². The second-order valence-electron chi connectivity index (χ2n) is 9.94. The molecule has 0 unspecified atom stereocenters. The number of hydrogen-bond donors (Lipinski definition) is 1. The van der Waals surface area contributed by atoms with Gasteiger partial charge in [0.05, 0.1) is 12.7 Å². The quantitative estimate of drug-likeness (QED) is 0.481. The van der Waals surface area contributed by atoms with Crippen LogP contribution in [0, 0.1) is 17.6 Å². The molecule has 4 nitrogen and oxygen atoms in total. The summed E-state index contributed by atoms with van der Waals surface area (Å²) in [6, 6.07) is 20.9. The molecule has 0 radical (unpaired) electrons. The fourth-order valence-corrected chi connectivity index (χ4v) is 5.48. The molecule has 0 bridgehead atoms. The number of ether oxygens (including phenoxy) is 1. The van der Waals surface area contributed by atoms with Crippen LogP contribution in [-0.2, 0) is 11.2 Å². The van der Waals surface area contributed by atoms with E-state index < -0.39 is 0 Å². The summed E-state index contributed by atoms with van der Waals surface area (Å²) in [5.74, 6) is -0.305. The minimum absolute atomic E-state index is 0.280. The zero-order valence-electron chi connectivity index (χ0n) is 20.5. The first-order valence-electron chi connectivity index (χ1n) is 12.9. The average molecular weight is 493 g/mol. The van der Waals surface area contributed by atoms with Gasteiger partial charge >= 0.3 is 0 Å². The topological polar surface area (TPSA) is 35.9 Å². The van der Waals surface area contributed by atoms with Crippen molar-refractivity contribution in [1.82, 2.24) is 9.80 Å². The number of nitrogens with zero attached hydrogens (tertiary/aromatic N) is 2. The van der Waals surface area contributed by atoms with Gasteiger partial charge in [0, 0.05) is 45.2 Å². The SMILES string of the molecule is O[C@@H]1c2ccccc2CC[C@H]1CN1CCN(CCOC(c2ccc(F)cc2)c2ccc(F)cc2)CC1. The molecule has 2 aliphatic rings. The van der Waals surface area contributed by atoms with Crippen LogP contribution in [0.5, 0.6) is 0 Å². The third-order valence-electron chi connectivity index (χ3n) is 7.60. The van der Waals surface area contributed by atoms with Crippen LogP contribution in [0.25, 0.3) is 0 Å². The lowest BCUT2D eigenvalue weighted by Gasteiger charge is -2.39. The molecule has 190 valence electrons. The van der Waals surface area contributed by atoms with Crippen LogP contribution in [0.15, 0.2) is 72.8 Å². The van der Waals surface area contributed by atoms with E-state index in [4.69, 9.17) is 4.74 Å². The van der Waals surface area contributed by atoms with E-state index in [-0.39, 0.29) is 29.8 Å². The van der Waals surface area contributed by atoms with Crippen molar-refractivity contribution in [2.45, 2.75) is 25.0 Å². The van der Waals surface area contributed by atoms with E-state index in [0.717, 1.165) is 68.8 Å². The van der Waals surface area contributed by atoms with Crippen LogP contribution >= 0.6 is 0 Å². The van der Waals surface area contributed by atoms with Crippen LogP contribution in [0.3, 0.4) is 0 Å². The summed E-state index contributed by atoms with van der Waals surface area (Å²) in [6.07, 6.45) is 1.32. The van der Waals surface area contributed by atoms with E-state index in [1.807, 2.05) is 6.07 Å². The maximum atomic E-state index is 13.5. The van der Waals surface area contributed by atoms with Gasteiger partial charge in [0.25, 0.3) is 0 Å². The zero-order chi connectivity index (χ0) is 24.9. The molecule has 36 heavy (non-hydrogen) atoms. The van der Waals surface area contributed by atoms with Gasteiger partial charge in [0.1, 0.15) is 17.7 Å². The van der Waals surface area contributed by atoms with Crippen LogP contribution in [-0.4, -0.2) is 60.8 Å². The highest BCUT2D eigenvalue weighted by Crippen LogP contribution is 2.35. The smallest absolute Gasteiger partial charge is 0.123 e. The third-order valence-corrected chi connectivity index (χ3v) is 7.60. The van der Waals surface area contributed by atoms with Crippen LogP contribution in [0.1, 0.15) is 40.9 Å². The van der Waals surface area contributed by atoms with E-state index in [9.17, 15) is 13.9 Å². The molecule has 1 aliphatic carbocycles. The van der Waals surface area contributed by atoms with Crippen molar-refractivity contribution >= 4 is 0 Å². The molecule has 1 fully saturated rings. The molecule has 5 rings (SSSR count). The Kier molecular flexibility index (Phi) is 8.07. The highest BCUT2D eigenvalue weighted by molar-refractivity contribution is 5.32. The van der Waals surface area contributed by atoms with Gasteiger partial charge in [-0.25, -0.2) is 8.78 Å². The molecular formula is C30H34F2N2O2.